The molecule has 1 aromatic heterocycles. The third kappa shape index (κ3) is 4.88. The molecule has 0 saturated carbocycles. The van der Waals surface area contributed by atoms with Gasteiger partial charge in [0.1, 0.15) is 6.33 Å². The number of rotatable bonds is 8. The number of hydrogen-bond acceptors (Lipinski definition) is 12. The Morgan fingerprint density at radius 2 is 1.64 bits per heavy atom. The molecule has 0 unspecified atom stereocenters. The van der Waals surface area contributed by atoms with Crippen LogP contribution in [0.25, 0.3) is 0 Å². The number of anilines is 3. The summed E-state index contributed by atoms with van der Waals surface area (Å²) in [6.07, 6.45) is 1.27. The van der Waals surface area contributed by atoms with E-state index in [1.165, 1.54) is 30.6 Å². The van der Waals surface area contributed by atoms with E-state index in [1.54, 1.807) is 0 Å². The maximum absolute atomic E-state index is 11.9. The second kappa shape index (κ2) is 9.87. The largest absolute Gasteiger partial charge is 0.454 e. The van der Waals surface area contributed by atoms with Crippen LogP contribution in [-0.2, 0) is 6.54 Å². The first-order chi connectivity index (χ1) is 17.5. The highest BCUT2D eigenvalue weighted by atomic mass is 16.7. The van der Waals surface area contributed by atoms with Crippen molar-refractivity contribution in [2.75, 3.05) is 48.7 Å². The van der Waals surface area contributed by atoms with Crippen LogP contribution in [0.5, 0.6) is 11.5 Å². The fourth-order valence-electron chi connectivity index (χ4n) is 4.07. The van der Waals surface area contributed by atoms with Crippen molar-refractivity contribution in [3.05, 3.63) is 74.6 Å². The van der Waals surface area contributed by atoms with Gasteiger partial charge in [0.2, 0.25) is 18.4 Å². The van der Waals surface area contributed by atoms with Gasteiger partial charge < -0.3 is 14.4 Å². The van der Waals surface area contributed by atoms with Crippen molar-refractivity contribution in [3.63, 3.8) is 0 Å². The third-order valence-corrected chi connectivity index (χ3v) is 5.90. The monoisotopic (exact) mass is 494 g/mol. The van der Waals surface area contributed by atoms with E-state index in [1.807, 2.05) is 23.1 Å². The molecule has 3 heterocycles. The van der Waals surface area contributed by atoms with Gasteiger partial charge in [-0.25, -0.2) is 9.97 Å². The van der Waals surface area contributed by atoms with E-state index in [-0.39, 0.29) is 29.8 Å². The highest BCUT2D eigenvalue weighted by molar-refractivity contribution is 5.71. The molecule has 2 N–H and O–H groups in total. The number of nitro groups is 2. The van der Waals surface area contributed by atoms with Gasteiger partial charge in [0.05, 0.1) is 15.5 Å². The number of hydrazine groups is 1. The summed E-state index contributed by atoms with van der Waals surface area (Å²) in [6.45, 7) is 3.45. The van der Waals surface area contributed by atoms with Crippen molar-refractivity contribution in [2.45, 2.75) is 6.54 Å². The normalized spacial score (nSPS) is 14.9. The Hall–Kier alpha value is -4.72. The Labute approximate surface area is 204 Å². The molecule has 0 amide bonds. The van der Waals surface area contributed by atoms with Crippen LogP contribution >= 0.6 is 0 Å². The standard InChI is InChI=1S/C22H22N8O6/c31-29(32)17-4-2-16(3-5-17)25-26-21-20(30(33)34)22(24-13-23-21)28-9-7-27(8-10-28)12-15-1-6-18-19(11-15)36-14-35-18/h1-6,11,13,25H,7-10,12,14H2,(H,23,24,26). The van der Waals surface area contributed by atoms with Crippen molar-refractivity contribution >= 4 is 28.7 Å². The number of piperazine rings is 1. The predicted molar refractivity (Wildman–Crippen MR) is 129 cm³/mol. The fourth-order valence-corrected chi connectivity index (χ4v) is 4.07. The van der Waals surface area contributed by atoms with Crippen molar-refractivity contribution in [2.24, 2.45) is 0 Å². The SMILES string of the molecule is O=[N+]([O-])c1ccc(NNc2ncnc(N3CCN(Cc4ccc5c(c4)OCO5)CC3)c2[N+](=O)[O-])cc1. The summed E-state index contributed by atoms with van der Waals surface area (Å²) < 4.78 is 10.8. The predicted octanol–water partition coefficient (Wildman–Crippen LogP) is 2.78. The number of fused-ring (bicyclic) bond motifs is 1. The van der Waals surface area contributed by atoms with Crippen LogP contribution in [0, 0.1) is 20.2 Å². The molecule has 2 aliphatic heterocycles. The highest BCUT2D eigenvalue weighted by Gasteiger charge is 2.29. The van der Waals surface area contributed by atoms with E-state index in [0.717, 1.165) is 23.6 Å². The van der Waals surface area contributed by atoms with Crippen LogP contribution in [0.4, 0.5) is 28.7 Å². The van der Waals surface area contributed by atoms with Gasteiger partial charge in [0.25, 0.3) is 5.69 Å². The summed E-state index contributed by atoms with van der Waals surface area (Å²) in [5.74, 6) is 1.70. The Morgan fingerprint density at radius 1 is 0.889 bits per heavy atom. The number of hydrogen-bond donors (Lipinski definition) is 2. The lowest BCUT2D eigenvalue weighted by molar-refractivity contribution is -0.384. The smallest absolute Gasteiger partial charge is 0.355 e. The Bertz CT molecular complexity index is 1280. The zero-order chi connectivity index (χ0) is 25.1. The maximum atomic E-state index is 11.9. The molecule has 0 spiro atoms. The lowest BCUT2D eigenvalue weighted by Crippen LogP contribution is -2.46. The maximum Gasteiger partial charge on any atom is 0.355 e. The molecule has 3 aromatic rings. The zero-order valence-electron chi connectivity index (χ0n) is 19.0. The number of non-ortho nitro benzene ring substituents is 1. The van der Waals surface area contributed by atoms with Crippen LogP contribution in [-0.4, -0.2) is 57.7 Å². The van der Waals surface area contributed by atoms with Gasteiger partial charge in [-0.15, -0.1) is 0 Å². The quantitative estimate of drug-likeness (QED) is 0.348. The van der Waals surface area contributed by atoms with Crippen LogP contribution < -0.4 is 25.2 Å². The lowest BCUT2D eigenvalue weighted by atomic mass is 10.1. The lowest BCUT2D eigenvalue weighted by Gasteiger charge is -2.35. The van der Waals surface area contributed by atoms with Crippen molar-refractivity contribution in [3.8, 4) is 11.5 Å². The zero-order valence-corrected chi connectivity index (χ0v) is 19.0. The first-order valence-electron chi connectivity index (χ1n) is 11.1. The van der Waals surface area contributed by atoms with Gasteiger partial charge in [-0.05, 0) is 29.8 Å². The summed E-state index contributed by atoms with van der Waals surface area (Å²) >= 11 is 0. The van der Waals surface area contributed by atoms with Crippen LogP contribution in [0.3, 0.4) is 0 Å². The molecule has 1 fully saturated rings. The molecule has 36 heavy (non-hydrogen) atoms. The first-order valence-corrected chi connectivity index (χ1v) is 11.1. The van der Waals surface area contributed by atoms with Gasteiger partial charge >= 0.3 is 5.69 Å². The summed E-state index contributed by atoms with van der Waals surface area (Å²) in [7, 11) is 0. The van der Waals surface area contributed by atoms with E-state index in [2.05, 4.69) is 25.7 Å². The minimum Gasteiger partial charge on any atom is -0.454 e. The number of nitrogens with zero attached hydrogens (tertiary/aromatic N) is 6. The van der Waals surface area contributed by atoms with Gasteiger partial charge in [-0.3, -0.25) is 36.0 Å². The Morgan fingerprint density at radius 3 is 2.36 bits per heavy atom. The molecule has 14 heteroatoms. The summed E-state index contributed by atoms with van der Waals surface area (Å²) in [5.41, 5.74) is 6.79. The van der Waals surface area contributed by atoms with E-state index < -0.39 is 9.85 Å². The summed E-state index contributed by atoms with van der Waals surface area (Å²) in [5, 5.41) is 22.7. The number of ether oxygens (including phenoxy) is 2. The molecule has 2 aliphatic rings. The van der Waals surface area contributed by atoms with E-state index in [4.69, 9.17) is 9.47 Å². The average Bonchev–Trinajstić information content (AvgIpc) is 3.36. The van der Waals surface area contributed by atoms with Crippen LogP contribution in [0.2, 0.25) is 0 Å². The number of nitrogens with one attached hydrogen (secondary N) is 2. The fraction of sp³-hybridized carbons (Fsp3) is 0.273. The summed E-state index contributed by atoms with van der Waals surface area (Å²) in [4.78, 5) is 34.1. The van der Waals surface area contributed by atoms with E-state index in [0.29, 0.717) is 31.9 Å². The summed E-state index contributed by atoms with van der Waals surface area (Å²) in [6, 6.07) is 11.5. The molecule has 186 valence electrons. The Balaban J connectivity index is 1.24. The van der Waals surface area contributed by atoms with Crippen molar-refractivity contribution in [1.82, 2.24) is 14.9 Å². The molecule has 0 aliphatic carbocycles. The molecule has 2 aromatic carbocycles. The highest BCUT2D eigenvalue weighted by Crippen LogP contribution is 2.34. The van der Waals surface area contributed by atoms with Crippen LogP contribution in [0.1, 0.15) is 5.56 Å². The first kappa shape index (κ1) is 23.0. The molecular formula is C22H22N8O6. The second-order valence-corrected chi connectivity index (χ2v) is 8.16. The molecule has 5 rings (SSSR count). The molecular weight excluding hydrogens is 472 g/mol. The molecule has 14 nitrogen and oxygen atoms in total. The van der Waals surface area contributed by atoms with Crippen molar-refractivity contribution < 1.29 is 19.3 Å². The minimum absolute atomic E-state index is 0.00820. The van der Waals surface area contributed by atoms with E-state index >= 15 is 0 Å². The minimum atomic E-state index is -0.520. The molecule has 0 radical (unpaired) electrons. The van der Waals surface area contributed by atoms with Gasteiger partial charge in [-0.2, -0.15) is 0 Å². The van der Waals surface area contributed by atoms with Crippen molar-refractivity contribution in [1.29, 1.82) is 0 Å². The van der Waals surface area contributed by atoms with Crippen LogP contribution in [0.15, 0.2) is 48.8 Å². The molecule has 0 atom stereocenters. The topological polar surface area (TPSA) is 161 Å². The van der Waals surface area contributed by atoms with E-state index in [9.17, 15) is 20.2 Å². The third-order valence-electron chi connectivity index (χ3n) is 5.90. The molecule has 0 bridgehead atoms. The number of aromatic nitrogens is 2. The Kier molecular flexibility index (Phi) is 6.32. The van der Waals surface area contributed by atoms with Gasteiger partial charge in [0, 0.05) is 44.9 Å². The van der Waals surface area contributed by atoms with Gasteiger partial charge in [0.15, 0.2) is 11.5 Å². The average molecular weight is 494 g/mol. The van der Waals surface area contributed by atoms with Gasteiger partial charge in [-0.1, -0.05) is 6.07 Å². The number of nitro benzene ring substituents is 1. The molecule has 1 saturated heterocycles. The second-order valence-electron chi connectivity index (χ2n) is 8.16. The number of benzene rings is 2.